The number of fused-ring (bicyclic) bond motifs is 1. The number of rotatable bonds is 1. The lowest BCUT2D eigenvalue weighted by atomic mass is 9.88. The van der Waals surface area contributed by atoms with E-state index in [1.54, 1.807) is 0 Å². The van der Waals surface area contributed by atoms with Crippen molar-refractivity contribution in [1.82, 2.24) is 0 Å². The molecule has 1 heteroatoms. The lowest BCUT2D eigenvalue weighted by Crippen LogP contribution is -2.14. The van der Waals surface area contributed by atoms with Crippen molar-refractivity contribution < 1.29 is 0 Å². The van der Waals surface area contributed by atoms with E-state index in [4.69, 9.17) is 4.99 Å². The minimum atomic E-state index is 0.431. The molecule has 2 unspecified atom stereocenters. The predicted molar refractivity (Wildman–Crippen MR) is 72.0 cm³/mol. The molecule has 3 rings (SSSR count). The van der Waals surface area contributed by atoms with Gasteiger partial charge in [-0.2, -0.15) is 0 Å². The van der Waals surface area contributed by atoms with E-state index in [1.807, 2.05) is 6.07 Å². The maximum absolute atomic E-state index is 4.80. The summed E-state index contributed by atoms with van der Waals surface area (Å²) in [6.07, 6.45) is 10.6. The van der Waals surface area contributed by atoms with E-state index in [0.29, 0.717) is 11.8 Å². The number of benzene rings is 1. The van der Waals surface area contributed by atoms with Crippen LogP contribution in [0.1, 0.15) is 12.5 Å². The fourth-order valence-electron chi connectivity index (χ4n) is 2.49. The molecular weight excluding hydrogens is 206 g/mol. The Labute approximate surface area is 102 Å². The third kappa shape index (κ3) is 1.78. The number of aliphatic imine (C=N–C) groups is 1. The first-order valence-corrected chi connectivity index (χ1v) is 6.05. The third-order valence-corrected chi connectivity index (χ3v) is 3.44. The first kappa shape index (κ1) is 10.3. The second-order valence-electron chi connectivity index (χ2n) is 4.54. The molecule has 0 radical (unpaired) electrons. The van der Waals surface area contributed by atoms with Crippen LogP contribution in [-0.2, 0) is 0 Å². The van der Waals surface area contributed by atoms with E-state index in [1.165, 1.54) is 17.0 Å². The molecule has 0 fully saturated rings. The van der Waals surface area contributed by atoms with Gasteiger partial charge in [-0.25, -0.2) is 0 Å². The molecule has 0 saturated carbocycles. The SMILES string of the molecule is CC1C(c2ccccc2)=NC2=CC=CC=CC21. The van der Waals surface area contributed by atoms with Crippen molar-refractivity contribution in [2.75, 3.05) is 0 Å². The van der Waals surface area contributed by atoms with Crippen molar-refractivity contribution in [1.29, 1.82) is 0 Å². The van der Waals surface area contributed by atoms with Gasteiger partial charge in [-0.15, -0.1) is 0 Å². The maximum Gasteiger partial charge on any atom is 0.0517 e. The maximum atomic E-state index is 4.80. The zero-order valence-corrected chi connectivity index (χ0v) is 9.88. The Kier molecular flexibility index (Phi) is 2.52. The summed E-state index contributed by atoms with van der Waals surface area (Å²) >= 11 is 0. The van der Waals surface area contributed by atoms with Crippen LogP contribution >= 0.6 is 0 Å². The number of allylic oxidation sites excluding steroid dienone is 5. The van der Waals surface area contributed by atoms with Crippen molar-refractivity contribution >= 4 is 5.71 Å². The molecule has 0 N–H and O–H groups in total. The topological polar surface area (TPSA) is 12.4 Å². The summed E-state index contributed by atoms with van der Waals surface area (Å²) in [4.78, 5) is 4.80. The van der Waals surface area contributed by atoms with Crippen molar-refractivity contribution in [2.24, 2.45) is 16.8 Å². The molecule has 2 aliphatic rings. The summed E-state index contributed by atoms with van der Waals surface area (Å²) in [5.41, 5.74) is 3.63. The van der Waals surface area contributed by atoms with Gasteiger partial charge < -0.3 is 0 Å². The first-order chi connectivity index (χ1) is 8.36. The van der Waals surface area contributed by atoms with Gasteiger partial charge in [-0.05, 0) is 11.6 Å². The smallest absolute Gasteiger partial charge is 0.0517 e. The van der Waals surface area contributed by atoms with E-state index in [9.17, 15) is 0 Å². The van der Waals surface area contributed by atoms with Crippen molar-refractivity contribution in [3.63, 3.8) is 0 Å². The van der Waals surface area contributed by atoms with Crippen LogP contribution < -0.4 is 0 Å². The van der Waals surface area contributed by atoms with Crippen molar-refractivity contribution in [3.8, 4) is 0 Å². The van der Waals surface area contributed by atoms with Gasteiger partial charge in [0.25, 0.3) is 0 Å². The Bertz CT molecular complexity index is 532. The highest BCUT2D eigenvalue weighted by atomic mass is 14.8. The highest BCUT2D eigenvalue weighted by Crippen LogP contribution is 2.35. The van der Waals surface area contributed by atoms with Gasteiger partial charge >= 0.3 is 0 Å². The summed E-state index contributed by atoms with van der Waals surface area (Å²) in [7, 11) is 0. The van der Waals surface area contributed by atoms with Gasteiger partial charge in [0.1, 0.15) is 0 Å². The molecule has 1 aromatic carbocycles. The monoisotopic (exact) mass is 221 g/mol. The molecular formula is C16H15N. The molecule has 1 aliphatic heterocycles. The fraction of sp³-hybridized carbons (Fsp3) is 0.188. The molecule has 0 saturated heterocycles. The van der Waals surface area contributed by atoms with Gasteiger partial charge in [-0.1, -0.05) is 61.6 Å². The quantitative estimate of drug-likeness (QED) is 0.685. The number of hydrogen-bond donors (Lipinski definition) is 0. The van der Waals surface area contributed by atoms with E-state index in [-0.39, 0.29) is 0 Å². The number of nitrogens with zero attached hydrogens (tertiary/aromatic N) is 1. The molecule has 1 heterocycles. The van der Waals surface area contributed by atoms with Crippen LogP contribution in [0.25, 0.3) is 0 Å². The van der Waals surface area contributed by atoms with Crippen LogP contribution in [0.2, 0.25) is 0 Å². The Morgan fingerprint density at radius 2 is 1.82 bits per heavy atom. The third-order valence-electron chi connectivity index (χ3n) is 3.44. The zero-order chi connectivity index (χ0) is 11.7. The minimum absolute atomic E-state index is 0.431. The Balaban J connectivity index is 2.03. The van der Waals surface area contributed by atoms with Gasteiger partial charge in [-0.3, -0.25) is 4.99 Å². The standard InChI is InChI=1S/C16H15N/c1-12-14-10-6-3-7-11-15(14)17-16(12)13-8-4-2-5-9-13/h2-12,14H,1H3. The Morgan fingerprint density at radius 1 is 1.00 bits per heavy atom. The summed E-state index contributed by atoms with van der Waals surface area (Å²) < 4.78 is 0. The van der Waals surface area contributed by atoms with Crippen LogP contribution in [-0.4, -0.2) is 5.71 Å². The molecule has 1 aromatic rings. The van der Waals surface area contributed by atoms with Crippen LogP contribution in [0, 0.1) is 11.8 Å². The van der Waals surface area contributed by atoms with Gasteiger partial charge in [0.05, 0.1) is 5.71 Å². The van der Waals surface area contributed by atoms with E-state index in [0.717, 1.165) is 0 Å². The molecule has 0 bridgehead atoms. The van der Waals surface area contributed by atoms with Crippen molar-refractivity contribution in [3.05, 3.63) is 72.0 Å². The lowest BCUT2D eigenvalue weighted by Gasteiger charge is -2.13. The van der Waals surface area contributed by atoms with Crippen LogP contribution in [0.5, 0.6) is 0 Å². The lowest BCUT2D eigenvalue weighted by molar-refractivity contribution is 0.648. The fourth-order valence-corrected chi connectivity index (χ4v) is 2.49. The van der Waals surface area contributed by atoms with Gasteiger partial charge in [0.15, 0.2) is 0 Å². The second kappa shape index (κ2) is 4.17. The zero-order valence-electron chi connectivity index (χ0n) is 9.88. The molecule has 0 aromatic heterocycles. The van der Waals surface area contributed by atoms with Crippen molar-refractivity contribution in [2.45, 2.75) is 6.92 Å². The summed E-state index contributed by atoms with van der Waals surface area (Å²) in [6, 6.07) is 10.5. The number of hydrogen-bond acceptors (Lipinski definition) is 1. The molecule has 0 amide bonds. The van der Waals surface area contributed by atoms with Crippen LogP contribution in [0.15, 0.2) is 71.4 Å². The average molecular weight is 221 g/mol. The second-order valence-corrected chi connectivity index (χ2v) is 4.54. The normalized spacial score (nSPS) is 26.2. The highest BCUT2D eigenvalue weighted by Gasteiger charge is 2.30. The summed E-state index contributed by atoms with van der Waals surface area (Å²) in [6.45, 7) is 2.26. The minimum Gasteiger partial charge on any atom is -0.256 e. The summed E-state index contributed by atoms with van der Waals surface area (Å²) in [5.74, 6) is 0.889. The predicted octanol–water partition coefficient (Wildman–Crippen LogP) is 3.75. The van der Waals surface area contributed by atoms with Gasteiger partial charge in [0, 0.05) is 17.5 Å². The molecule has 17 heavy (non-hydrogen) atoms. The van der Waals surface area contributed by atoms with Gasteiger partial charge in [0.2, 0.25) is 0 Å². The Morgan fingerprint density at radius 3 is 2.65 bits per heavy atom. The molecule has 1 nitrogen and oxygen atoms in total. The highest BCUT2D eigenvalue weighted by molar-refractivity contribution is 6.04. The Hall–Kier alpha value is -1.89. The van der Waals surface area contributed by atoms with E-state index in [2.05, 4.69) is 61.6 Å². The van der Waals surface area contributed by atoms with E-state index >= 15 is 0 Å². The molecule has 0 spiro atoms. The molecule has 2 atom stereocenters. The molecule has 1 aliphatic carbocycles. The van der Waals surface area contributed by atoms with E-state index < -0.39 is 0 Å². The summed E-state index contributed by atoms with van der Waals surface area (Å²) in [5, 5.41) is 0. The van der Waals surface area contributed by atoms with Crippen LogP contribution in [0.3, 0.4) is 0 Å². The molecule has 84 valence electrons. The van der Waals surface area contributed by atoms with Crippen LogP contribution in [0.4, 0.5) is 0 Å². The first-order valence-electron chi connectivity index (χ1n) is 6.05. The average Bonchev–Trinajstić information content (AvgIpc) is 2.56. The largest absolute Gasteiger partial charge is 0.256 e.